The Balaban J connectivity index is 2.42. The summed E-state index contributed by atoms with van der Waals surface area (Å²) in [7, 11) is 1.31. The molecule has 1 aromatic rings. The molecule has 0 unspecified atom stereocenters. The summed E-state index contributed by atoms with van der Waals surface area (Å²) in [6.45, 7) is 2.09. The summed E-state index contributed by atoms with van der Waals surface area (Å²) in [6, 6.07) is 7.64. The zero-order valence-corrected chi connectivity index (χ0v) is 11.4. The van der Waals surface area contributed by atoms with E-state index in [1.165, 1.54) is 12.0 Å². The Morgan fingerprint density at radius 2 is 1.89 bits per heavy atom. The van der Waals surface area contributed by atoms with Crippen molar-refractivity contribution in [3.63, 3.8) is 0 Å². The molecule has 0 aromatic heterocycles. The van der Waals surface area contributed by atoms with Gasteiger partial charge in [-0.3, -0.25) is 9.59 Å². The molecule has 0 saturated heterocycles. The van der Waals surface area contributed by atoms with Crippen LogP contribution in [-0.2, 0) is 14.3 Å². The second-order valence-electron chi connectivity index (χ2n) is 3.58. The van der Waals surface area contributed by atoms with E-state index in [9.17, 15) is 9.59 Å². The predicted octanol–water partition coefficient (Wildman–Crippen LogP) is 2.69. The van der Waals surface area contributed by atoms with Crippen LogP contribution in [0.1, 0.15) is 19.8 Å². The van der Waals surface area contributed by atoms with Crippen molar-refractivity contribution in [1.29, 1.82) is 0 Å². The SMILES string of the molecule is CCSc1ccc(NC(=O)CCC(=O)OC)cc1. The minimum atomic E-state index is -0.375. The number of thioether (sulfide) groups is 1. The zero-order valence-electron chi connectivity index (χ0n) is 10.6. The number of anilines is 1. The van der Waals surface area contributed by atoms with Gasteiger partial charge in [0.05, 0.1) is 13.5 Å². The first-order chi connectivity index (χ1) is 8.65. The minimum Gasteiger partial charge on any atom is -0.469 e. The van der Waals surface area contributed by atoms with E-state index < -0.39 is 0 Å². The molecule has 0 fully saturated rings. The fourth-order valence-corrected chi connectivity index (χ4v) is 2.00. The largest absolute Gasteiger partial charge is 0.469 e. The molecule has 4 nitrogen and oxygen atoms in total. The summed E-state index contributed by atoms with van der Waals surface area (Å²) < 4.78 is 4.47. The number of benzene rings is 1. The van der Waals surface area contributed by atoms with Crippen LogP contribution >= 0.6 is 11.8 Å². The van der Waals surface area contributed by atoms with E-state index in [-0.39, 0.29) is 24.7 Å². The Labute approximate surface area is 111 Å². The number of esters is 1. The van der Waals surface area contributed by atoms with Crippen molar-refractivity contribution in [2.24, 2.45) is 0 Å². The van der Waals surface area contributed by atoms with E-state index in [1.54, 1.807) is 11.8 Å². The fourth-order valence-electron chi connectivity index (χ4n) is 1.34. The van der Waals surface area contributed by atoms with Crippen LogP contribution in [0, 0.1) is 0 Å². The molecule has 98 valence electrons. The molecule has 1 aromatic carbocycles. The Morgan fingerprint density at radius 3 is 2.44 bits per heavy atom. The monoisotopic (exact) mass is 267 g/mol. The van der Waals surface area contributed by atoms with Crippen LogP contribution in [0.15, 0.2) is 29.2 Å². The molecular weight excluding hydrogens is 250 g/mol. The molecule has 0 heterocycles. The van der Waals surface area contributed by atoms with Gasteiger partial charge in [0.15, 0.2) is 0 Å². The lowest BCUT2D eigenvalue weighted by molar-refractivity contribution is -0.141. The van der Waals surface area contributed by atoms with Crippen LogP contribution in [-0.4, -0.2) is 24.7 Å². The standard InChI is InChI=1S/C13H17NO3S/c1-3-18-11-6-4-10(5-7-11)14-12(15)8-9-13(16)17-2/h4-7H,3,8-9H2,1-2H3,(H,14,15). The van der Waals surface area contributed by atoms with Gasteiger partial charge in [-0.1, -0.05) is 6.92 Å². The third-order valence-corrected chi connectivity index (χ3v) is 3.13. The summed E-state index contributed by atoms with van der Waals surface area (Å²) in [4.78, 5) is 23.6. The number of rotatable bonds is 6. The molecule has 18 heavy (non-hydrogen) atoms. The number of nitrogens with one attached hydrogen (secondary N) is 1. The normalized spacial score (nSPS) is 9.89. The van der Waals surface area contributed by atoms with E-state index in [2.05, 4.69) is 17.0 Å². The Kier molecular flexibility index (Phi) is 6.28. The Bertz CT molecular complexity index is 403. The van der Waals surface area contributed by atoms with Crippen molar-refractivity contribution in [2.45, 2.75) is 24.7 Å². The molecular formula is C13H17NO3S. The van der Waals surface area contributed by atoms with E-state index in [1.807, 2.05) is 24.3 Å². The van der Waals surface area contributed by atoms with Crippen molar-refractivity contribution in [1.82, 2.24) is 0 Å². The second kappa shape index (κ2) is 7.76. The summed E-state index contributed by atoms with van der Waals surface area (Å²) in [5.41, 5.74) is 0.741. The highest BCUT2D eigenvalue weighted by Crippen LogP contribution is 2.19. The number of hydrogen-bond donors (Lipinski definition) is 1. The smallest absolute Gasteiger partial charge is 0.306 e. The maximum atomic E-state index is 11.5. The lowest BCUT2D eigenvalue weighted by Crippen LogP contribution is -2.13. The lowest BCUT2D eigenvalue weighted by atomic mass is 10.2. The van der Waals surface area contributed by atoms with Crippen LogP contribution in [0.25, 0.3) is 0 Å². The van der Waals surface area contributed by atoms with Crippen LogP contribution in [0.4, 0.5) is 5.69 Å². The van der Waals surface area contributed by atoms with Gasteiger partial charge in [-0.25, -0.2) is 0 Å². The van der Waals surface area contributed by atoms with E-state index in [0.717, 1.165) is 11.4 Å². The molecule has 0 aliphatic rings. The van der Waals surface area contributed by atoms with Gasteiger partial charge >= 0.3 is 5.97 Å². The average Bonchev–Trinajstić information content (AvgIpc) is 2.38. The summed E-state index contributed by atoms with van der Waals surface area (Å²) in [5.74, 6) is 0.460. The number of hydrogen-bond acceptors (Lipinski definition) is 4. The van der Waals surface area contributed by atoms with Crippen molar-refractivity contribution >= 4 is 29.3 Å². The van der Waals surface area contributed by atoms with Gasteiger partial charge in [-0.2, -0.15) is 0 Å². The molecule has 0 atom stereocenters. The van der Waals surface area contributed by atoms with Crippen LogP contribution < -0.4 is 5.32 Å². The predicted molar refractivity (Wildman–Crippen MR) is 72.7 cm³/mol. The minimum absolute atomic E-state index is 0.103. The molecule has 0 spiro atoms. The van der Waals surface area contributed by atoms with Gasteiger partial charge in [0.2, 0.25) is 5.91 Å². The number of amides is 1. The fraction of sp³-hybridized carbons (Fsp3) is 0.385. The highest BCUT2D eigenvalue weighted by Gasteiger charge is 2.06. The third kappa shape index (κ3) is 5.23. The second-order valence-corrected chi connectivity index (χ2v) is 4.92. The first-order valence-electron chi connectivity index (χ1n) is 5.75. The van der Waals surface area contributed by atoms with E-state index >= 15 is 0 Å². The number of carbonyl (C=O) groups excluding carboxylic acids is 2. The first-order valence-corrected chi connectivity index (χ1v) is 6.73. The highest BCUT2D eigenvalue weighted by atomic mass is 32.2. The summed E-state index contributed by atoms with van der Waals surface area (Å²) in [6.07, 6.45) is 0.240. The average molecular weight is 267 g/mol. The van der Waals surface area contributed by atoms with Crippen LogP contribution in [0.2, 0.25) is 0 Å². The van der Waals surface area contributed by atoms with Crippen molar-refractivity contribution < 1.29 is 14.3 Å². The Morgan fingerprint density at radius 1 is 1.22 bits per heavy atom. The molecule has 0 aliphatic heterocycles. The maximum Gasteiger partial charge on any atom is 0.306 e. The summed E-state index contributed by atoms with van der Waals surface area (Å²) in [5, 5.41) is 2.73. The van der Waals surface area contributed by atoms with Crippen LogP contribution in [0.5, 0.6) is 0 Å². The lowest BCUT2D eigenvalue weighted by Gasteiger charge is -2.05. The number of methoxy groups -OCH3 is 1. The molecule has 0 bridgehead atoms. The molecule has 5 heteroatoms. The molecule has 0 aliphatic carbocycles. The molecule has 1 rings (SSSR count). The van der Waals surface area contributed by atoms with E-state index in [4.69, 9.17) is 0 Å². The zero-order chi connectivity index (χ0) is 13.4. The van der Waals surface area contributed by atoms with Crippen molar-refractivity contribution in [3.8, 4) is 0 Å². The molecule has 1 amide bonds. The third-order valence-electron chi connectivity index (χ3n) is 2.23. The molecule has 1 N–H and O–H groups in total. The van der Waals surface area contributed by atoms with Gasteiger partial charge in [-0.15, -0.1) is 11.8 Å². The summed E-state index contributed by atoms with van der Waals surface area (Å²) >= 11 is 1.75. The quantitative estimate of drug-likeness (QED) is 0.636. The van der Waals surface area contributed by atoms with Crippen molar-refractivity contribution in [3.05, 3.63) is 24.3 Å². The topological polar surface area (TPSA) is 55.4 Å². The van der Waals surface area contributed by atoms with Crippen molar-refractivity contribution in [2.75, 3.05) is 18.2 Å². The van der Waals surface area contributed by atoms with Gasteiger partial charge in [0.25, 0.3) is 0 Å². The first kappa shape index (κ1) is 14.6. The van der Waals surface area contributed by atoms with Gasteiger partial charge in [0.1, 0.15) is 0 Å². The van der Waals surface area contributed by atoms with Gasteiger partial charge in [0, 0.05) is 17.0 Å². The van der Waals surface area contributed by atoms with Gasteiger partial charge in [-0.05, 0) is 30.0 Å². The van der Waals surface area contributed by atoms with Gasteiger partial charge < -0.3 is 10.1 Å². The Hall–Kier alpha value is -1.49. The van der Waals surface area contributed by atoms with E-state index in [0.29, 0.717) is 0 Å². The van der Waals surface area contributed by atoms with Crippen LogP contribution in [0.3, 0.4) is 0 Å². The molecule has 0 saturated carbocycles. The number of carbonyl (C=O) groups is 2. The number of ether oxygens (including phenoxy) is 1. The maximum absolute atomic E-state index is 11.5. The molecule has 0 radical (unpaired) electrons. The highest BCUT2D eigenvalue weighted by molar-refractivity contribution is 7.99.